The van der Waals surface area contributed by atoms with Crippen LogP contribution in [0, 0.1) is 5.92 Å². The lowest BCUT2D eigenvalue weighted by Gasteiger charge is -2.09. The van der Waals surface area contributed by atoms with Gasteiger partial charge in [-0.05, 0) is 49.9 Å². The first-order chi connectivity index (χ1) is 8.32. The quantitative estimate of drug-likeness (QED) is 0.905. The molecule has 1 aliphatic carbocycles. The molecular weight excluding hydrogens is 252 g/mol. The average molecular weight is 268 g/mol. The van der Waals surface area contributed by atoms with Crippen LogP contribution >= 0.6 is 0 Å². The van der Waals surface area contributed by atoms with Gasteiger partial charge in [0.2, 0.25) is 0 Å². The van der Waals surface area contributed by atoms with E-state index in [1.165, 1.54) is 0 Å². The van der Waals surface area contributed by atoms with Crippen LogP contribution in [0.4, 0.5) is 0 Å². The molecule has 4 nitrogen and oxygen atoms in total. The molecule has 0 spiro atoms. The number of aliphatic carboxylic acids is 1. The first-order valence-electron chi connectivity index (χ1n) is 5.91. The van der Waals surface area contributed by atoms with E-state index in [1.54, 1.807) is 32.0 Å². The Morgan fingerprint density at radius 3 is 2.44 bits per heavy atom. The number of rotatable bonds is 3. The molecule has 1 atom stereocenters. The zero-order valence-electron chi connectivity index (χ0n) is 10.4. The largest absolute Gasteiger partial charge is 0.481 e. The highest BCUT2D eigenvalue weighted by Gasteiger charge is 2.29. The van der Waals surface area contributed by atoms with Crippen LogP contribution < -0.4 is 0 Å². The third kappa shape index (κ3) is 2.14. The molecule has 1 aromatic rings. The van der Waals surface area contributed by atoms with Crippen molar-refractivity contribution in [3.63, 3.8) is 0 Å². The number of carboxylic acid groups (broad SMARTS) is 1. The summed E-state index contributed by atoms with van der Waals surface area (Å²) in [6.45, 7) is 3.28. The van der Waals surface area contributed by atoms with Crippen LogP contribution in [0.5, 0.6) is 0 Å². The van der Waals surface area contributed by atoms with E-state index in [-0.39, 0.29) is 0 Å². The summed E-state index contributed by atoms with van der Waals surface area (Å²) >= 11 is 0. The zero-order chi connectivity index (χ0) is 13.5. The molecule has 0 bridgehead atoms. The van der Waals surface area contributed by atoms with Gasteiger partial charge in [-0.1, -0.05) is 6.07 Å². The second-order valence-electron chi connectivity index (χ2n) is 4.97. The highest BCUT2D eigenvalue weighted by atomic mass is 32.2. The molecule has 1 aromatic carbocycles. The summed E-state index contributed by atoms with van der Waals surface area (Å²) in [4.78, 5) is 11.2. The van der Waals surface area contributed by atoms with Gasteiger partial charge in [-0.25, -0.2) is 8.42 Å². The second-order valence-corrected chi connectivity index (χ2v) is 7.47. The molecule has 0 saturated carbocycles. The molecule has 1 aliphatic rings. The molecule has 0 amide bonds. The van der Waals surface area contributed by atoms with Gasteiger partial charge in [-0.3, -0.25) is 4.79 Å². The standard InChI is InChI=1S/C13H16O4S/c1-8(2)18(16,17)12-4-3-9-5-11(13(14)15)6-10(9)7-12/h3-4,7-8,11H,5-6H2,1-2H3,(H,14,15). The summed E-state index contributed by atoms with van der Waals surface area (Å²) in [7, 11) is -3.28. The van der Waals surface area contributed by atoms with Crippen LogP contribution in [0.25, 0.3) is 0 Å². The Kier molecular flexibility index (Phi) is 3.19. The maximum atomic E-state index is 12.0. The van der Waals surface area contributed by atoms with Crippen molar-refractivity contribution in [3.05, 3.63) is 29.3 Å². The van der Waals surface area contributed by atoms with E-state index in [1.807, 2.05) is 0 Å². The third-order valence-corrected chi connectivity index (χ3v) is 5.56. The molecule has 98 valence electrons. The Hall–Kier alpha value is -1.36. The summed E-state index contributed by atoms with van der Waals surface area (Å²) < 4.78 is 24.1. The number of benzene rings is 1. The maximum absolute atomic E-state index is 12.0. The first kappa shape index (κ1) is 13.1. The molecule has 1 N–H and O–H groups in total. The van der Waals surface area contributed by atoms with Crippen molar-refractivity contribution >= 4 is 15.8 Å². The van der Waals surface area contributed by atoms with E-state index in [0.717, 1.165) is 11.1 Å². The predicted octanol–water partition coefficient (Wildman–Crippen LogP) is 1.67. The summed E-state index contributed by atoms with van der Waals surface area (Å²) in [5, 5.41) is 8.52. The van der Waals surface area contributed by atoms with Crippen LogP contribution in [-0.4, -0.2) is 24.7 Å². The van der Waals surface area contributed by atoms with Crippen molar-refractivity contribution in [2.75, 3.05) is 0 Å². The summed E-state index contributed by atoms with van der Waals surface area (Å²) in [6, 6.07) is 4.96. The van der Waals surface area contributed by atoms with Crippen molar-refractivity contribution in [1.82, 2.24) is 0 Å². The van der Waals surface area contributed by atoms with Crippen LogP contribution in [0.2, 0.25) is 0 Å². The van der Waals surface area contributed by atoms with E-state index in [4.69, 9.17) is 5.11 Å². The van der Waals surface area contributed by atoms with Crippen molar-refractivity contribution in [3.8, 4) is 0 Å². The highest BCUT2D eigenvalue weighted by Crippen LogP contribution is 2.30. The first-order valence-corrected chi connectivity index (χ1v) is 7.45. The number of fused-ring (bicyclic) bond motifs is 1. The number of carboxylic acids is 1. The molecule has 1 unspecified atom stereocenters. The Bertz CT molecular complexity index is 587. The van der Waals surface area contributed by atoms with Gasteiger partial charge in [-0.2, -0.15) is 0 Å². The van der Waals surface area contributed by atoms with Crippen molar-refractivity contribution in [2.24, 2.45) is 5.92 Å². The molecule has 5 heteroatoms. The lowest BCUT2D eigenvalue weighted by Crippen LogP contribution is -2.14. The van der Waals surface area contributed by atoms with Crippen molar-refractivity contribution in [2.45, 2.75) is 36.8 Å². The SMILES string of the molecule is CC(C)S(=O)(=O)c1ccc2c(c1)CC(C(=O)O)C2. The van der Waals surface area contributed by atoms with E-state index in [9.17, 15) is 13.2 Å². The topological polar surface area (TPSA) is 71.4 Å². The van der Waals surface area contributed by atoms with Gasteiger partial charge in [0.05, 0.1) is 16.1 Å². The molecule has 0 heterocycles. The smallest absolute Gasteiger partial charge is 0.307 e. The van der Waals surface area contributed by atoms with Crippen LogP contribution in [-0.2, 0) is 27.5 Å². The van der Waals surface area contributed by atoms with Gasteiger partial charge in [0.15, 0.2) is 9.84 Å². The molecule has 2 rings (SSSR count). The van der Waals surface area contributed by atoms with Gasteiger partial charge in [-0.15, -0.1) is 0 Å². The summed E-state index contributed by atoms with van der Waals surface area (Å²) in [5.74, 6) is -1.24. The van der Waals surface area contributed by atoms with Crippen LogP contribution in [0.15, 0.2) is 23.1 Å². The van der Waals surface area contributed by atoms with E-state index in [0.29, 0.717) is 17.7 Å². The fourth-order valence-corrected chi connectivity index (χ4v) is 3.33. The minimum Gasteiger partial charge on any atom is -0.481 e. The Labute approximate surface area is 107 Å². The summed E-state index contributed by atoms with van der Waals surface area (Å²) in [6.07, 6.45) is 0.915. The molecule has 0 saturated heterocycles. The molecule has 0 aliphatic heterocycles. The molecule has 0 fully saturated rings. The van der Waals surface area contributed by atoms with Crippen molar-refractivity contribution in [1.29, 1.82) is 0 Å². The minimum absolute atomic E-state index is 0.294. The lowest BCUT2D eigenvalue weighted by atomic mass is 10.1. The maximum Gasteiger partial charge on any atom is 0.307 e. The zero-order valence-corrected chi connectivity index (χ0v) is 11.2. The van der Waals surface area contributed by atoms with E-state index >= 15 is 0 Å². The predicted molar refractivity (Wildman–Crippen MR) is 67.3 cm³/mol. The second kappa shape index (κ2) is 4.39. The van der Waals surface area contributed by atoms with E-state index in [2.05, 4.69) is 0 Å². The minimum atomic E-state index is -3.28. The normalized spacial score (nSPS) is 18.9. The van der Waals surface area contributed by atoms with Gasteiger partial charge >= 0.3 is 5.97 Å². The van der Waals surface area contributed by atoms with E-state index < -0.39 is 27.0 Å². The van der Waals surface area contributed by atoms with Gasteiger partial charge < -0.3 is 5.11 Å². The van der Waals surface area contributed by atoms with Gasteiger partial charge in [0, 0.05) is 0 Å². The number of sulfone groups is 1. The number of hydrogen-bond donors (Lipinski definition) is 1. The van der Waals surface area contributed by atoms with Gasteiger partial charge in [0.1, 0.15) is 0 Å². The fraction of sp³-hybridized carbons (Fsp3) is 0.462. The monoisotopic (exact) mass is 268 g/mol. The van der Waals surface area contributed by atoms with Crippen LogP contribution in [0.1, 0.15) is 25.0 Å². The number of carbonyl (C=O) groups is 1. The Balaban J connectivity index is 2.38. The van der Waals surface area contributed by atoms with Gasteiger partial charge in [0.25, 0.3) is 0 Å². The summed E-state index contributed by atoms with van der Waals surface area (Å²) in [5.41, 5.74) is 1.80. The fourth-order valence-electron chi connectivity index (χ4n) is 2.22. The Morgan fingerprint density at radius 2 is 1.89 bits per heavy atom. The Morgan fingerprint density at radius 1 is 1.28 bits per heavy atom. The molecule has 0 aromatic heterocycles. The molecule has 0 radical (unpaired) electrons. The highest BCUT2D eigenvalue weighted by molar-refractivity contribution is 7.92. The third-order valence-electron chi connectivity index (χ3n) is 3.41. The molecular formula is C13H16O4S. The number of hydrogen-bond acceptors (Lipinski definition) is 3. The lowest BCUT2D eigenvalue weighted by molar-refractivity contribution is -0.141. The average Bonchev–Trinajstić information content (AvgIpc) is 2.71. The van der Waals surface area contributed by atoms with Crippen LogP contribution in [0.3, 0.4) is 0 Å². The molecule has 18 heavy (non-hydrogen) atoms. The van der Waals surface area contributed by atoms with Crippen molar-refractivity contribution < 1.29 is 18.3 Å².